The maximum Gasteiger partial charge on any atom is 0.243 e. The number of piperazine rings is 1. The zero-order chi connectivity index (χ0) is 16.3. The van der Waals surface area contributed by atoms with Crippen LogP contribution in [0.1, 0.15) is 65.7 Å². The standard InChI is InChI=1S/C17H32N4O/c1-13(2)7-8-20-9-11-21(12-10-20)14(3)15-18-16(19-22-15)17(4,5)6/h13-14H,7-12H2,1-6H3/t14-/m1/s1. The van der Waals surface area contributed by atoms with Crippen molar-refractivity contribution < 1.29 is 4.52 Å². The number of hydrogen-bond acceptors (Lipinski definition) is 5. The topological polar surface area (TPSA) is 45.4 Å². The van der Waals surface area contributed by atoms with Gasteiger partial charge < -0.3 is 9.42 Å². The fraction of sp³-hybridized carbons (Fsp3) is 0.882. The van der Waals surface area contributed by atoms with Gasteiger partial charge in [-0.1, -0.05) is 39.8 Å². The Hall–Kier alpha value is -0.940. The molecule has 1 aromatic heterocycles. The summed E-state index contributed by atoms with van der Waals surface area (Å²) >= 11 is 0. The van der Waals surface area contributed by atoms with Crippen LogP contribution >= 0.6 is 0 Å². The van der Waals surface area contributed by atoms with E-state index in [-0.39, 0.29) is 11.5 Å². The van der Waals surface area contributed by atoms with Crippen LogP contribution in [0.4, 0.5) is 0 Å². The molecule has 2 rings (SSSR count). The van der Waals surface area contributed by atoms with Gasteiger partial charge in [0.2, 0.25) is 5.89 Å². The molecule has 5 nitrogen and oxygen atoms in total. The summed E-state index contributed by atoms with van der Waals surface area (Å²) in [5.74, 6) is 2.33. The monoisotopic (exact) mass is 308 g/mol. The molecule has 1 atom stereocenters. The van der Waals surface area contributed by atoms with Crippen LogP contribution < -0.4 is 0 Å². The van der Waals surface area contributed by atoms with E-state index in [4.69, 9.17) is 4.52 Å². The maximum atomic E-state index is 5.50. The van der Waals surface area contributed by atoms with Crippen molar-refractivity contribution >= 4 is 0 Å². The molecule has 1 aliphatic rings. The first-order valence-electron chi connectivity index (χ1n) is 8.58. The number of rotatable bonds is 5. The van der Waals surface area contributed by atoms with E-state index in [1.807, 2.05) is 0 Å². The van der Waals surface area contributed by atoms with Crippen molar-refractivity contribution in [1.29, 1.82) is 0 Å². The molecule has 5 heteroatoms. The first-order chi connectivity index (χ1) is 10.3. The Morgan fingerprint density at radius 1 is 1.09 bits per heavy atom. The Bertz CT molecular complexity index is 455. The van der Waals surface area contributed by atoms with Crippen molar-refractivity contribution in [3.63, 3.8) is 0 Å². The third-order valence-electron chi connectivity index (χ3n) is 4.45. The second-order valence-corrected chi connectivity index (χ2v) is 7.94. The number of hydrogen-bond donors (Lipinski definition) is 0. The lowest BCUT2D eigenvalue weighted by atomic mass is 9.96. The average molecular weight is 308 g/mol. The van der Waals surface area contributed by atoms with Gasteiger partial charge in [-0.3, -0.25) is 4.90 Å². The van der Waals surface area contributed by atoms with E-state index in [0.29, 0.717) is 0 Å². The first kappa shape index (κ1) is 17.4. The Morgan fingerprint density at radius 3 is 2.23 bits per heavy atom. The first-order valence-corrected chi connectivity index (χ1v) is 8.58. The van der Waals surface area contributed by atoms with Gasteiger partial charge >= 0.3 is 0 Å². The van der Waals surface area contributed by atoms with Crippen molar-refractivity contribution in [2.75, 3.05) is 32.7 Å². The summed E-state index contributed by atoms with van der Waals surface area (Å²) in [6.07, 6.45) is 1.29. The van der Waals surface area contributed by atoms with Crippen molar-refractivity contribution in [3.8, 4) is 0 Å². The molecule has 0 radical (unpaired) electrons. The Balaban J connectivity index is 1.87. The Morgan fingerprint density at radius 2 is 1.73 bits per heavy atom. The SMILES string of the molecule is CC(C)CCN1CCN([C@H](C)c2nc(C(C)(C)C)no2)CC1. The van der Waals surface area contributed by atoms with Crippen LogP contribution in [0.3, 0.4) is 0 Å². The minimum Gasteiger partial charge on any atom is -0.338 e. The summed E-state index contributed by atoms with van der Waals surface area (Å²) in [5, 5.41) is 4.14. The average Bonchev–Trinajstić information content (AvgIpc) is 2.94. The molecular formula is C17H32N4O. The molecule has 0 spiro atoms. The molecule has 1 aromatic rings. The minimum absolute atomic E-state index is 0.0585. The molecule has 0 saturated carbocycles. The molecule has 0 aromatic carbocycles. The molecule has 1 aliphatic heterocycles. The van der Waals surface area contributed by atoms with E-state index in [1.54, 1.807) is 0 Å². The molecule has 22 heavy (non-hydrogen) atoms. The normalized spacial score (nSPS) is 19.8. The summed E-state index contributed by atoms with van der Waals surface area (Å²) in [6.45, 7) is 18.7. The summed E-state index contributed by atoms with van der Waals surface area (Å²) in [7, 11) is 0. The van der Waals surface area contributed by atoms with E-state index in [1.165, 1.54) is 13.0 Å². The van der Waals surface area contributed by atoms with Crippen LogP contribution in [0.5, 0.6) is 0 Å². The largest absolute Gasteiger partial charge is 0.338 e. The van der Waals surface area contributed by atoms with E-state index in [2.05, 4.69) is 61.5 Å². The van der Waals surface area contributed by atoms with Crippen LogP contribution in [0.25, 0.3) is 0 Å². The maximum absolute atomic E-state index is 5.50. The molecule has 126 valence electrons. The molecular weight excluding hydrogens is 276 g/mol. The fourth-order valence-corrected chi connectivity index (χ4v) is 2.68. The summed E-state index contributed by atoms with van der Waals surface area (Å²) in [4.78, 5) is 9.62. The minimum atomic E-state index is -0.0585. The second kappa shape index (κ2) is 7.09. The summed E-state index contributed by atoms with van der Waals surface area (Å²) in [5.41, 5.74) is -0.0585. The predicted octanol–water partition coefficient (Wildman–Crippen LogP) is 3.09. The highest BCUT2D eigenvalue weighted by Gasteiger charge is 2.28. The van der Waals surface area contributed by atoms with E-state index < -0.39 is 0 Å². The smallest absolute Gasteiger partial charge is 0.243 e. The number of aromatic nitrogens is 2. The summed E-state index contributed by atoms with van der Waals surface area (Å²) in [6, 6.07) is 0.204. The van der Waals surface area contributed by atoms with Gasteiger partial charge in [0.25, 0.3) is 0 Å². The van der Waals surface area contributed by atoms with Crippen molar-refractivity contribution in [1.82, 2.24) is 19.9 Å². The van der Waals surface area contributed by atoms with Crippen LogP contribution in [-0.4, -0.2) is 52.7 Å². The molecule has 0 bridgehead atoms. The van der Waals surface area contributed by atoms with E-state index in [0.717, 1.165) is 43.8 Å². The lowest BCUT2D eigenvalue weighted by molar-refractivity contribution is 0.0858. The highest BCUT2D eigenvalue weighted by atomic mass is 16.5. The fourth-order valence-electron chi connectivity index (χ4n) is 2.68. The lowest BCUT2D eigenvalue weighted by Crippen LogP contribution is -2.47. The molecule has 1 fully saturated rings. The Kier molecular flexibility index (Phi) is 5.61. The van der Waals surface area contributed by atoms with Gasteiger partial charge in [-0.05, 0) is 25.8 Å². The van der Waals surface area contributed by atoms with Crippen LogP contribution in [-0.2, 0) is 5.41 Å². The molecule has 2 heterocycles. The molecule has 0 unspecified atom stereocenters. The highest BCUT2D eigenvalue weighted by Crippen LogP contribution is 2.24. The van der Waals surface area contributed by atoms with Crippen molar-refractivity contribution in [3.05, 3.63) is 11.7 Å². The van der Waals surface area contributed by atoms with Gasteiger partial charge in [0.1, 0.15) is 0 Å². The zero-order valence-electron chi connectivity index (χ0n) is 15.1. The van der Waals surface area contributed by atoms with Gasteiger partial charge in [-0.25, -0.2) is 0 Å². The number of nitrogens with zero attached hydrogens (tertiary/aromatic N) is 4. The third-order valence-corrected chi connectivity index (χ3v) is 4.45. The summed E-state index contributed by atoms with van der Waals surface area (Å²) < 4.78 is 5.50. The second-order valence-electron chi connectivity index (χ2n) is 7.94. The molecule has 0 amide bonds. The highest BCUT2D eigenvalue weighted by molar-refractivity contribution is 5.02. The van der Waals surface area contributed by atoms with Gasteiger partial charge in [-0.15, -0.1) is 0 Å². The van der Waals surface area contributed by atoms with Crippen LogP contribution in [0, 0.1) is 5.92 Å². The lowest BCUT2D eigenvalue weighted by Gasteiger charge is -2.37. The predicted molar refractivity (Wildman–Crippen MR) is 88.9 cm³/mol. The Labute approximate surface area is 135 Å². The van der Waals surface area contributed by atoms with Crippen LogP contribution in [0.2, 0.25) is 0 Å². The van der Waals surface area contributed by atoms with Gasteiger partial charge in [0, 0.05) is 31.6 Å². The molecule has 1 saturated heterocycles. The third kappa shape index (κ3) is 4.53. The molecule has 0 aliphatic carbocycles. The molecule has 0 N–H and O–H groups in total. The van der Waals surface area contributed by atoms with Gasteiger partial charge in [0.15, 0.2) is 5.82 Å². The van der Waals surface area contributed by atoms with Crippen LogP contribution in [0.15, 0.2) is 4.52 Å². The van der Waals surface area contributed by atoms with E-state index >= 15 is 0 Å². The van der Waals surface area contributed by atoms with E-state index in [9.17, 15) is 0 Å². The van der Waals surface area contributed by atoms with Gasteiger partial charge in [0.05, 0.1) is 6.04 Å². The zero-order valence-corrected chi connectivity index (χ0v) is 15.1. The van der Waals surface area contributed by atoms with Gasteiger partial charge in [-0.2, -0.15) is 4.98 Å². The quantitative estimate of drug-likeness (QED) is 0.836. The van der Waals surface area contributed by atoms with Crippen molar-refractivity contribution in [2.24, 2.45) is 5.92 Å². The van der Waals surface area contributed by atoms with Crippen molar-refractivity contribution in [2.45, 2.75) is 59.4 Å².